The van der Waals surface area contributed by atoms with E-state index in [0.29, 0.717) is 37.0 Å². The van der Waals surface area contributed by atoms with Crippen LogP contribution in [0.1, 0.15) is 105 Å². The molecule has 10 heteroatoms. The SMILES string of the molecule is CC1CC(C(O)C(C)(C)O)OC2C1C1(C)CCC34CC35CCC(OC3CN(C(=O)Cc6cc(F)cc(F)c6)CCO3)C(C)(C)C5CCC4C1(C)C2O. The van der Waals surface area contributed by atoms with Gasteiger partial charge in [-0.1, -0.05) is 34.6 Å². The molecule has 8 nitrogen and oxygen atoms in total. The van der Waals surface area contributed by atoms with Crippen molar-refractivity contribution in [2.75, 3.05) is 19.7 Å². The minimum atomic E-state index is -1.29. The Labute approximate surface area is 308 Å². The van der Waals surface area contributed by atoms with Crippen LogP contribution < -0.4 is 0 Å². The molecule has 5 aliphatic carbocycles. The largest absolute Gasteiger partial charge is 0.390 e. The zero-order valence-electron chi connectivity index (χ0n) is 32.2. The average Bonchev–Trinajstić information content (AvgIpc) is 3.69. The fourth-order valence-electron chi connectivity index (χ4n) is 14.3. The second kappa shape index (κ2) is 12.2. The van der Waals surface area contributed by atoms with Crippen molar-refractivity contribution in [1.29, 1.82) is 0 Å². The monoisotopic (exact) mass is 729 g/mol. The number of aliphatic hydroxyl groups excluding tert-OH is 2. The molecule has 3 N–H and O–H groups in total. The molecule has 5 saturated carbocycles. The summed E-state index contributed by atoms with van der Waals surface area (Å²) in [5.74, 6) is -0.282. The zero-order valence-corrected chi connectivity index (χ0v) is 32.2. The molecule has 0 aromatic heterocycles. The Balaban J connectivity index is 0.974. The fourth-order valence-corrected chi connectivity index (χ4v) is 14.3. The van der Waals surface area contributed by atoms with Gasteiger partial charge < -0.3 is 34.4 Å². The first-order valence-electron chi connectivity index (χ1n) is 20.0. The van der Waals surface area contributed by atoms with Crippen molar-refractivity contribution in [3.63, 3.8) is 0 Å². The summed E-state index contributed by atoms with van der Waals surface area (Å²) in [6.07, 6.45) is 5.00. The lowest BCUT2D eigenvalue weighted by molar-refractivity contribution is -0.248. The van der Waals surface area contributed by atoms with Gasteiger partial charge >= 0.3 is 0 Å². The van der Waals surface area contributed by atoms with Crippen LogP contribution in [0.3, 0.4) is 0 Å². The lowest BCUT2D eigenvalue weighted by Crippen LogP contribution is -2.60. The van der Waals surface area contributed by atoms with Crippen molar-refractivity contribution in [2.45, 2.75) is 149 Å². The highest BCUT2D eigenvalue weighted by Gasteiger charge is 2.84. The van der Waals surface area contributed by atoms with E-state index in [4.69, 9.17) is 14.2 Å². The third-order valence-corrected chi connectivity index (χ3v) is 16.8. The minimum absolute atomic E-state index is 0.0348. The first-order valence-corrected chi connectivity index (χ1v) is 20.0. The van der Waals surface area contributed by atoms with Gasteiger partial charge in [-0.05, 0) is 128 Å². The zero-order chi connectivity index (χ0) is 37.4. The van der Waals surface area contributed by atoms with Gasteiger partial charge in [-0.3, -0.25) is 4.79 Å². The number of hydrogen-bond acceptors (Lipinski definition) is 7. The van der Waals surface area contributed by atoms with Crippen molar-refractivity contribution in [2.24, 2.45) is 50.7 Å². The van der Waals surface area contributed by atoms with Crippen molar-refractivity contribution in [3.8, 4) is 0 Å². The summed E-state index contributed by atoms with van der Waals surface area (Å²) in [6, 6.07) is 3.22. The second-order valence-electron chi connectivity index (χ2n) is 19.9. The number of aliphatic hydroxyl groups is 3. The quantitative estimate of drug-likeness (QED) is 0.329. The van der Waals surface area contributed by atoms with E-state index in [1.54, 1.807) is 18.7 Å². The maximum absolute atomic E-state index is 13.8. The Morgan fingerprint density at radius 1 is 1.04 bits per heavy atom. The predicted molar refractivity (Wildman–Crippen MR) is 190 cm³/mol. The Morgan fingerprint density at radius 3 is 2.40 bits per heavy atom. The van der Waals surface area contributed by atoms with E-state index in [0.717, 1.165) is 44.6 Å². The highest BCUT2D eigenvalue weighted by Crippen LogP contribution is 2.89. The van der Waals surface area contributed by atoms with Gasteiger partial charge in [-0.25, -0.2) is 8.78 Å². The lowest BCUT2D eigenvalue weighted by Gasteiger charge is -2.64. The van der Waals surface area contributed by atoms with Gasteiger partial charge in [0.25, 0.3) is 0 Å². The van der Waals surface area contributed by atoms with Gasteiger partial charge in [0.2, 0.25) is 5.91 Å². The summed E-state index contributed by atoms with van der Waals surface area (Å²) >= 11 is 0. The highest BCUT2D eigenvalue weighted by atomic mass is 19.1. The number of morpholine rings is 1. The number of benzene rings is 1. The minimum Gasteiger partial charge on any atom is -0.390 e. The maximum Gasteiger partial charge on any atom is 0.227 e. The number of halogens is 2. The second-order valence-corrected chi connectivity index (χ2v) is 19.9. The van der Waals surface area contributed by atoms with Crippen molar-refractivity contribution < 1.29 is 43.1 Å². The molecule has 2 spiro atoms. The van der Waals surface area contributed by atoms with Crippen molar-refractivity contribution in [1.82, 2.24) is 4.90 Å². The smallest absolute Gasteiger partial charge is 0.227 e. The number of nitrogens with zero attached hydrogens (tertiary/aromatic N) is 1. The number of hydrogen-bond donors (Lipinski definition) is 3. The molecule has 2 aliphatic heterocycles. The molecule has 14 atom stereocenters. The van der Waals surface area contributed by atoms with Crippen LogP contribution >= 0.6 is 0 Å². The molecule has 290 valence electrons. The van der Waals surface area contributed by atoms with Gasteiger partial charge in [0.1, 0.15) is 17.7 Å². The Hall–Kier alpha value is -1.69. The third kappa shape index (κ3) is 5.19. The summed E-state index contributed by atoms with van der Waals surface area (Å²) in [6.45, 7) is 16.1. The Morgan fingerprint density at radius 2 is 1.71 bits per heavy atom. The van der Waals surface area contributed by atoms with Gasteiger partial charge in [-0.2, -0.15) is 0 Å². The first-order chi connectivity index (χ1) is 24.3. The molecule has 8 rings (SSSR count). The maximum atomic E-state index is 13.8. The third-order valence-electron chi connectivity index (χ3n) is 16.8. The van der Waals surface area contributed by atoms with Gasteiger partial charge in [-0.15, -0.1) is 0 Å². The normalized spacial score (nSPS) is 47.0. The van der Waals surface area contributed by atoms with E-state index in [2.05, 4.69) is 34.6 Å². The molecule has 14 unspecified atom stereocenters. The molecule has 7 aliphatic rings. The fraction of sp³-hybridized carbons (Fsp3) is 0.833. The summed E-state index contributed by atoms with van der Waals surface area (Å²) in [5.41, 5.74) is -1.12. The molecule has 2 saturated heterocycles. The van der Waals surface area contributed by atoms with Crippen LogP contribution in [0.15, 0.2) is 18.2 Å². The summed E-state index contributed by atoms with van der Waals surface area (Å²) in [7, 11) is 0. The van der Waals surface area contributed by atoms with E-state index in [1.165, 1.54) is 18.6 Å². The number of ether oxygens (including phenoxy) is 3. The molecule has 7 fully saturated rings. The van der Waals surface area contributed by atoms with E-state index < -0.39 is 41.8 Å². The summed E-state index contributed by atoms with van der Waals surface area (Å²) < 4.78 is 47.1. The highest BCUT2D eigenvalue weighted by molar-refractivity contribution is 5.78. The molecule has 1 aromatic rings. The standard InChI is InChI=1S/C42H61F2NO7/c1-23-16-27(35(47)38(4,5)49)51-34-33(23)39(6)12-13-42-22-41(42)11-10-30(37(2,3)28(41)8-9-29(42)40(39,7)36(34)48)52-32-21-45(14-15-50-32)31(46)19-24-17-25(43)20-26(44)18-24/h17-18,20,23,27-30,32-36,47-49H,8-16,19,21-22H2,1-7H3. The van der Waals surface area contributed by atoms with Crippen LogP contribution in [0, 0.1) is 62.4 Å². The molecule has 2 heterocycles. The Bertz CT molecular complexity index is 1560. The van der Waals surface area contributed by atoms with Crippen LogP contribution in [0.4, 0.5) is 8.78 Å². The van der Waals surface area contributed by atoms with Crippen LogP contribution in [-0.2, 0) is 25.4 Å². The summed E-state index contributed by atoms with van der Waals surface area (Å²) in [5, 5.41) is 34.2. The van der Waals surface area contributed by atoms with Crippen LogP contribution in [0.25, 0.3) is 0 Å². The summed E-state index contributed by atoms with van der Waals surface area (Å²) in [4.78, 5) is 14.9. The van der Waals surface area contributed by atoms with Gasteiger partial charge in [0, 0.05) is 18.0 Å². The topological polar surface area (TPSA) is 109 Å². The molecule has 52 heavy (non-hydrogen) atoms. The number of carbonyl (C=O) groups excluding carboxylic acids is 1. The predicted octanol–water partition coefficient (Wildman–Crippen LogP) is 6.02. The van der Waals surface area contributed by atoms with E-state index in [1.807, 2.05) is 0 Å². The van der Waals surface area contributed by atoms with Crippen LogP contribution in [0.2, 0.25) is 0 Å². The van der Waals surface area contributed by atoms with Crippen molar-refractivity contribution >= 4 is 5.91 Å². The number of amides is 1. The average molecular weight is 730 g/mol. The van der Waals surface area contributed by atoms with Crippen LogP contribution in [-0.4, -0.2) is 88.2 Å². The number of carbonyl (C=O) groups is 1. The Kier molecular flexibility index (Phi) is 8.70. The van der Waals surface area contributed by atoms with Crippen LogP contribution in [0.5, 0.6) is 0 Å². The van der Waals surface area contributed by atoms with E-state index in [9.17, 15) is 28.9 Å². The number of rotatable bonds is 6. The molecule has 1 amide bonds. The molecule has 0 bridgehead atoms. The molecular formula is C42H61F2NO7. The van der Waals surface area contributed by atoms with Gasteiger partial charge in [0.15, 0.2) is 6.29 Å². The van der Waals surface area contributed by atoms with E-state index in [-0.39, 0.29) is 70.0 Å². The van der Waals surface area contributed by atoms with E-state index >= 15 is 0 Å². The molecule has 1 aromatic carbocycles. The number of fused-ring (bicyclic) bond motifs is 4. The molecule has 0 radical (unpaired) electrons. The first kappa shape index (κ1) is 37.2. The van der Waals surface area contributed by atoms with Gasteiger partial charge in [0.05, 0.1) is 49.6 Å². The van der Waals surface area contributed by atoms with Crippen molar-refractivity contribution in [3.05, 3.63) is 35.4 Å². The molecular weight excluding hydrogens is 668 g/mol. The lowest BCUT2D eigenvalue weighted by atomic mass is 9.41.